The zero-order chi connectivity index (χ0) is 13.4. The summed E-state index contributed by atoms with van der Waals surface area (Å²) in [4.78, 5) is 9.02. The molecule has 0 bridgehead atoms. The first kappa shape index (κ1) is 12.2. The average molecular weight is 253 g/mol. The van der Waals surface area contributed by atoms with Crippen LogP contribution in [0.5, 0.6) is 0 Å². The van der Waals surface area contributed by atoms with Gasteiger partial charge in [-0.25, -0.2) is 9.97 Å². The Morgan fingerprint density at radius 1 is 1.05 bits per heavy atom. The summed E-state index contributed by atoms with van der Waals surface area (Å²) in [7, 11) is 0. The number of aryl methyl sites for hydroxylation is 2. The molecule has 1 saturated carbocycles. The van der Waals surface area contributed by atoms with Gasteiger partial charge in [-0.15, -0.1) is 0 Å². The van der Waals surface area contributed by atoms with Crippen LogP contribution >= 0.6 is 0 Å². The lowest BCUT2D eigenvalue weighted by Gasteiger charge is -2.07. The smallest absolute Gasteiger partial charge is 0.135 e. The van der Waals surface area contributed by atoms with Crippen LogP contribution in [0.3, 0.4) is 0 Å². The summed E-state index contributed by atoms with van der Waals surface area (Å²) >= 11 is 0. The number of hydrogen-bond donors (Lipinski definition) is 1. The van der Waals surface area contributed by atoms with Crippen molar-refractivity contribution in [1.82, 2.24) is 9.97 Å². The second-order valence-corrected chi connectivity index (χ2v) is 5.58. The van der Waals surface area contributed by atoms with Crippen molar-refractivity contribution in [2.75, 3.05) is 5.73 Å². The zero-order valence-electron chi connectivity index (χ0n) is 11.5. The molecule has 1 aliphatic rings. The van der Waals surface area contributed by atoms with Gasteiger partial charge in [0, 0.05) is 24.1 Å². The van der Waals surface area contributed by atoms with E-state index in [9.17, 15) is 0 Å². The van der Waals surface area contributed by atoms with Gasteiger partial charge < -0.3 is 5.73 Å². The van der Waals surface area contributed by atoms with Crippen molar-refractivity contribution < 1.29 is 0 Å². The van der Waals surface area contributed by atoms with Crippen molar-refractivity contribution in [3.05, 3.63) is 52.5 Å². The molecule has 0 atom stereocenters. The Kier molecular flexibility index (Phi) is 2.97. The van der Waals surface area contributed by atoms with E-state index < -0.39 is 0 Å². The van der Waals surface area contributed by atoms with Gasteiger partial charge in [-0.05, 0) is 32.3 Å². The first-order valence-corrected chi connectivity index (χ1v) is 6.80. The Labute approximate surface area is 113 Å². The minimum absolute atomic E-state index is 0.594. The van der Waals surface area contributed by atoms with Gasteiger partial charge in [0.05, 0.1) is 0 Å². The minimum Gasteiger partial charge on any atom is -0.384 e. The van der Waals surface area contributed by atoms with E-state index in [0.717, 1.165) is 17.9 Å². The van der Waals surface area contributed by atoms with Crippen LogP contribution in [0, 0.1) is 13.8 Å². The third kappa shape index (κ3) is 2.92. The highest BCUT2D eigenvalue weighted by molar-refractivity contribution is 5.35. The van der Waals surface area contributed by atoms with Crippen LogP contribution in [0.4, 0.5) is 5.82 Å². The van der Waals surface area contributed by atoms with Gasteiger partial charge >= 0.3 is 0 Å². The first-order chi connectivity index (χ1) is 9.10. The molecule has 0 amide bonds. The van der Waals surface area contributed by atoms with Gasteiger partial charge in [0.1, 0.15) is 11.6 Å². The quantitative estimate of drug-likeness (QED) is 0.914. The van der Waals surface area contributed by atoms with E-state index >= 15 is 0 Å². The highest BCUT2D eigenvalue weighted by atomic mass is 14.9. The number of anilines is 1. The van der Waals surface area contributed by atoms with E-state index in [0.29, 0.717) is 11.7 Å². The molecule has 0 spiro atoms. The van der Waals surface area contributed by atoms with E-state index in [1.54, 1.807) is 0 Å². The van der Waals surface area contributed by atoms with Crippen LogP contribution < -0.4 is 5.73 Å². The summed E-state index contributed by atoms with van der Waals surface area (Å²) in [5, 5.41) is 0. The Morgan fingerprint density at radius 2 is 1.74 bits per heavy atom. The Hall–Kier alpha value is -1.90. The molecule has 98 valence electrons. The van der Waals surface area contributed by atoms with Crippen LogP contribution in [-0.2, 0) is 6.42 Å². The maximum Gasteiger partial charge on any atom is 0.135 e. The molecule has 1 heterocycles. The average Bonchev–Trinajstić information content (AvgIpc) is 3.09. The zero-order valence-corrected chi connectivity index (χ0v) is 11.5. The molecule has 0 aliphatic heterocycles. The SMILES string of the molecule is Cc1cc(C)cc(Cc2nc(N)cc(C3CC3)n2)c1. The number of nitrogens with two attached hydrogens (primary N) is 1. The number of benzene rings is 1. The van der Waals surface area contributed by atoms with Crippen LogP contribution in [0.1, 0.15) is 47.0 Å². The normalized spacial score (nSPS) is 14.6. The lowest BCUT2D eigenvalue weighted by molar-refractivity contribution is 0.903. The van der Waals surface area contributed by atoms with Crippen LogP contribution in [-0.4, -0.2) is 9.97 Å². The number of nitrogen functional groups attached to an aromatic ring is 1. The molecule has 0 saturated heterocycles. The molecule has 2 aromatic rings. The number of hydrogen-bond acceptors (Lipinski definition) is 3. The molecule has 1 aromatic carbocycles. The summed E-state index contributed by atoms with van der Waals surface area (Å²) < 4.78 is 0. The molecule has 3 nitrogen and oxygen atoms in total. The molecule has 1 aromatic heterocycles. The summed E-state index contributed by atoms with van der Waals surface area (Å²) in [6.07, 6.45) is 3.23. The third-order valence-corrected chi connectivity index (χ3v) is 3.45. The maximum absolute atomic E-state index is 5.89. The highest BCUT2D eigenvalue weighted by Gasteiger charge is 2.25. The molecule has 3 heteroatoms. The molecule has 0 unspecified atom stereocenters. The van der Waals surface area contributed by atoms with Crippen LogP contribution in [0.15, 0.2) is 24.3 Å². The van der Waals surface area contributed by atoms with E-state index in [4.69, 9.17) is 5.73 Å². The number of nitrogens with zero attached hydrogens (tertiary/aromatic N) is 2. The predicted molar refractivity (Wildman–Crippen MR) is 77.1 cm³/mol. The van der Waals surface area contributed by atoms with Crippen LogP contribution in [0.25, 0.3) is 0 Å². The molecule has 19 heavy (non-hydrogen) atoms. The highest BCUT2D eigenvalue weighted by Crippen LogP contribution is 2.39. The van der Waals surface area contributed by atoms with Crippen molar-refractivity contribution in [3.63, 3.8) is 0 Å². The summed E-state index contributed by atoms with van der Waals surface area (Å²) in [6.45, 7) is 4.23. The summed E-state index contributed by atoms with van der Waals surface area (Å²) in [5.41, 5.74) is 10.8. The lowest BCUT2D eigenvalue weighted by Crippen LogP contribution is -2.04. The predicted octanol–water partition coefficient (Wildman–Crippen LogP) is 3.14. The number of rotatable bonds is 3. The molecular formula is C16H19N3. The monoisotopic (exact) mass is 253 g/mol. The van der Waals surface area contributed by atoms with Gasteiger partial charge in [-0.3, -0.25) is 0 Å². The second kappa shape index (κ2) is 4.65. The molecule has 2 N–H and O–H groups in total. The Balaban J connectivity index is 1.89. The fraction of sp³-hybridized carbons (Fsp3) is 0.375. The van der Waals surface area contributed by atoms with E-state index in [1.807, 2.05) is 6.07 Å². The minimum atomic E-state index is 0.594. The fourth-order valence-corrected chi connectivity index (χ4v) is 2.56. The largest absolute Gasteiger partial charge is 0.384 e. The van der Waals surface area contributed by atoms with Crippen molar-refractivity contribution in [1.29, 1.82) is 0 Å². The van der Waals surface area contributed by atoms with E-state index in [2.05, 4.69) is 42.0 Å². The van der Waals surface area contributed by atoms with Crippen molar-refractivity contribution in [3.8, 4) is 0 Å². The van der Waals surface area contributed by atoms with Gasteiger partial charge in [0.15, 0.2) is 0 Å². The molecule has 1 fully saturated rings. The fourth-order valence-electron chi connectivity index (χ4n) is 2.56. The van der Waals surface area contributed by atoms with Crippen molar-refractivity contribution in [2.24, 2.45) is 0 Å². The van der Waals surface area contributed by atoms with E-state index in [1.165, 1.54) is 29.5 Å². The first-order valence-electron chi connectivity index (χ1n) is 6.80. The van der Waals surface area contributed by atoms with Gasteiger partial charge in [-0.1, -0.05) is 29.3 Å². The molecule has 1 aliphatic carbocycles. The van der Waals surface area contributed by atoms with E-state index in [-0.39, 0.29) is 0 Å². The Morgan fingerprint density at radius 3 is 2.37 bits per heavy atom. The third-order valence-electron chi connectivity index (χ3n) is 3.45. The second-order valence-electron chi connectivity index (χ2n) is 5.58. The molecular weight excluding hydrogens is 234 g/mol. The van der Waals surface area contributed by atoms with Gasteiger partial charge in [0.25, 0.3) is 0 Å². The van der Waals surface area contributed by atoms with Crippen molar-refractivity contribution >= 4 is 5.82 Å². The molecule has 0 radical (unpaired) electrons. The summed E-state index contributed by atoms with van der Waals surface area (Å²) in [6, 6.07) is 8.48. The topological polar surface area (TPSA) is 51.8 Å². The van der Waals surface area contributed by atoms with Gasteiger partial charge in [-0.2, -0.15) is 0 Å². The van der Waals surface area contributed by atoms with Crippen LogP contribution in [0.2, 0.25) is 0 Å². The Bertz CT molecular complexity index is 595. The maximum atomic E-state index is 5.89. The summed E-state index contributed by atoms with van der Waals surface area (Å²) in [5.74, 6) is 2.05. The van der Waals surface area contributed by atoms with Crippen molar-refractivity contribution in [2.45, 2.75) is 39.0 Å². The lowest BCUT2D eigenvalue weighted by atomic mass is 10.0. The standard InChI is InChI=1S/C16H19N3/c1-10-5-11(2)7-12(6-10)8-16-18-14(13-3-4-13)9-15(17)19-16/h5-7,9,13H,3-4,8H2,1-2H3,(H2,17,18,19). The molecule has 3 rings (SSSR count). The van der Waals surface area contributed by atoms with Gasteiger partial charge in [0.2, 0.25) is 0 Å². The number of aromatic nitrogens is 2.